The first-order valence-electron chi connectivity index (χ1n) is 7.97. The largest absolute Gasteiger partial charge is 0.354 e. The van der Waals surface area contributed by atoms with Crippen LogP contribution < -0.4 is 5.32 Å². The number of hydrogen-bond acceptors (Lipinski definition) is 4. The summed E-state index contributed by atoms with van der Waals surface area (Å²) in [6.07, 6.45) is 1.14. The van der Waals surface area contributed by atoms with Gasteiger partial charge in [0.2, 0.25) is 5.91 Å². The van der Waals surface area contributed by atoms with E-state index in [1.165, 1.54) is 11.3 Å². The van der Waals surface area contributed by atoms with Gasteiger partial charge in [-0.05, 0) is 48.9 Å². The molecule has 1 N–H and O–H groups in total. The van der Waals surface area contributed by atoms with E-state index in [1.54, 1.807) is 13.0 Å². The molecule has 1 aromatic carbocycles. The van der Waals surface area contributed by atoms with Gasteiger partial charge in [-0.15, -0.1) is 11.3 Å². The van der Waals surface area contributed by atoms with E-state index in [2.05, 4.69) is 5.32 Å². The van der Waals surface area contributed by atoms with Crippen molar-refractivity contribution in [2.45, 2.75) is 43.8 Å². The molecule has 0 aliphatic rings. The molecule has 0 aliphatic carbocycles. The molecule has 0 radical (unpaired) electrons. The number of amides is 1. The first-order valence-corrected chi connectivity index (χ1v) is 10.4. The SMILES string of the molecule is CCCC(=O)NC[C@@H](c1cccs1)S(=O)(=O)c1cc(C)ccc1C. The highest BCUT2D eigenvalue weighted by Crippen LogP contribution is 2.33. The molecule has 0 saturated heterocycles. The average Bonchev–Trinajstić information content (AvgIpc) is 3.04. The van der Waals surface area contributed by atoms with E-state index in [4.69, 9.17) is 0 Å². The fourth-order valence-electron chi connectivity index (χ4n) is 2.53. The molecule has 1 amide bonds. The molecule has 1 atom stereocenters. The molecule has 1 heterocycles. The number of rotatable bonds is 7. The maximum Gasteiger partial charge on any atom is 0.220 e. The molecule has 4 nitrogen and oxygen atoms in total. The first-order chi connectivity index (χ1) is 11.4. The lowest BCUT2D eigenvalue weighted by atomic mass is 10.2. The number of carbonyl (C=O) groups excluding carboxylic acids is 1. The van der Waals surface area contributed by atoms with Gasteiger partial charge in [0, 0.05) is 17.8 Å². The molecule has 6 heteroatoms. The molecule has 0 fully saturated rings. The lowest BCUT2D eigenvalue weighted by molar-refractivity contribution is -0.121. The number of sulfone groups is 1. The van der Waals surface area contributed by atoms with E-state index in [0.717, 1.165) is 22.4 Å². The van der Waals surface area contributed by atoms with Gasteiger partial charge in [0.15, 0.2) is 9.84 Å². The summed E-state index contributed by atoms with van der Waals surface area (Å²) in [5.41, 5.74) is 1.63. The second-order valence-corrected chi connectivity index (χ2v) is 8.95. The van der Waals surface area contributed by atoms with Crippen LogP contribution in [0.15, 0.2) is 40.6 Å². The van der Waals surface area contributed by atoms with Crippen molar-refractivity contribution in [3.8, 4) is 0 Å². The standard InChI is InChI=1S/C18H23NO3S2/c1-4-6-18(20)19-12-17(15-7-5-10-23-15)24(21,22)16-11-13(2)8-9-14(16)3/h5,7-11,17H,4,6,12H2,1-3H3,(H,19,20)/t17-/m0/s1. The Morgan fingerprint density at radius 2 is 2.00 bits per heavy atom. The van der Waals surface area contributed by atoms with Crippen molar-refractivity contribution in [2.24, 2.45) is 0 Å². The Morgan fingerprint density at radius 1 is 1.25 bits per heavy atom. The lowest BCUT2D eigenvalue weighted by Gasteiger charge is -2.19. The number of carbonyl (C=O) groups is 1. The topological polar surface area (TPSA) is 63.2 Å². The molecule has 130 valence electrons. The van der Waals surface area contributed by atoms with Gasteiger partial charge in [0.1, 0.15) is 5.25 Å². The highest BCUT2D eigenvalue weighted by molar-refractivity contribution is 7.92. The quantitative estimate of drug-likeness (QED) is 0.812. The highest BCUT2D eigenvalue weighted by Gasteiger charge is 2.31. The predicted octanol–water partition coefficient (Wildman–Crippen LogP) is 3.80. The summed E-state index contributed by atoms with van der Waals surface area (Å²) in [5, 5.41) is 3.86. The van der Waals surface area contributed by atoms with Gasteiger partial charge < -0.3 is 5.32 Å². The fraction of sp³-hybridized carbons (Fsp3) is 0.389. The summed E-state index contributed by atoms with van der Waals surface area (Å²) in [6.45, 7) is 5.69. The average molecular weight is 366 g/mol. The summed E-state index contributed by atoms with van der Waals surface area (Å²) >= 11 is 1.40. The van der Waals surface area contributed by atoms with Crippen molar-refractivity contribution in [1.29, 1.82) is 0 Å². The Labute approximate surface area is 147 Å². The van der Waals surface area contributed by atoms with Crippen LogP contribution in [0.2, 0.25) is 0 Å². The molecule has 2 aromatic rings. The number of nitrogens with one attached hydrogen (secondary N) is 1. The van der Waals surface area contributed by atoms with Gasteiger partial charge in [-0.25, -0.2) is 8.42 Å². The molecule has 0 bridgehead atoms. The zero-order chi connectivity index (χ0) is 17.7. The van der Waals surface area contributed by atoms with Crippen molar-refractivity contribution in [2.75, 3.05) is 6.54 Å². The van der Waals surface area contributed by atoms with E-state index in [1.807, 2.05) is 43.5 Å². The second kappa shape index (κ2) is 7.94. The number of thiophene rings is 1. The summed E-state index contributed by atoms with van der Waals surface area (Å²) in [4.78, 5) is 12.9. The molecular weight excluding hydrogens is 342 g/mol. The summed E-state index contributed by atoms with van der Waals surface area (Å²) in [7, 11) is -3.59. The number of benzene rings is 1. The molecule has 0 spiro atoms. The third-order valence-electron chi connectivity index (χ3n) is 3.85. The molecular formula is C18H23NO3S2. The van der Waals surface area contributed by atoms with Gasteiger partial charge in [0.05, 0.1) is 4.90 Å². The van der Waals surface area contributed by atoms with Crippen LogP contribution in [0, 0.1) is 13.8 Å². The number of aryl methyl sites for hydroxylation is 2. The Hall–Kier alpha value is -1.66. The lowest BCUT2D eigenvalue weighted by Crippen LogP contribution is -2.31. The molecule has 0 saturated carbocycles. The predicted molar refractivity (Wildman–Crippen MR) is 98.1 cm³/mol. The van der Waals surface area contributed by atoms with Crippen LogP contribution in [-0.2, 0) is 14.6 Å². The zero-order valence-electron chi connectivity index (χ0n) is 14.2. The second-order valence-electron chi connectivity index (χ2n) is 5.87. The third-order valence-corrected chi connectivity index (χ3v) is 7.20. The van der Waals surface area contributed by atoms with Crippen LogP contribution in [0.25, 0.3) is 0 Å². The van der Waals surface area contributed by atoms with E-state index in [9.17, 15) is 13.2 Å². The third kappa shape index (κ3) is 4.24. The molecule has 1 aromatic heterocycles. The molecule has 24 heavy (non-hydrogen) atoms. The van der Waals surface area contributed by atoms with Crippen molar-refractivity contribution in [3.63, 3.8) is 0 Å². The number of hydrogen-bond donors (Lipinski definition) is 1. The Kier molecular flexibility index (Phi) is 6.18. The summed E-state index contributed by atoms with van der Waals surface area (Å²) in [6, 6.07) is 9.07. The zero-order valence-corrected chi connectivity index (χ0v) is 15.8. The maximum atomic E-state index is 13.2. The monoisotopic (exact) mass is 365 g/mol. The van der Waals surface area contributed by atoms with Gasteiger partial charge in [-0.3, -0.25) is 4.79 Å². The maximum absolute atomic E-state index is 13.2. The summed E-state index contributed by atoms with van der Waals surface area (Å²) in [5.74, 6) is -0.116. The van der Waals surface area contributed by atoms with E-state index >= 15 is 0 Å². The Bertz CT molecular complexity index is 796. The minimum Gasteiger partial charge on any atom is -0.354 e. The minimum absolute atomic E-state index is 0.0923. The normalized spacial score (nSPS) is 12.8. The van der Waals surface area contributed by atoms with E-state index in [0.29, 0.717) is 11.3 Å². The van der Waals surface area contributed by atoms with Crippen LogP contribution in [0.5, 0.6) is 0 Å². The molecule has 2 rings (SSSR count). The van der Waals surface area contributed by atoms with Crippen molar-refractivity contribution in [3.05, 3.63) is 51.7 Å². The van der Waals surface area contributed by atoms with E-state index in [-0.39, 0.29) is 12.5 Å². The Morgan fingerprint density at radius 3 is 2.62 bits per heavy atom. The van der Waals surface area contributed by atoms with Gasteiger partial charge in [0.25, 0.3) is 0 Å². The summed E-state index contributed by atoms with van der Waals surface area (Å²) < 4.78 is 26.5. The van der Waals surface area contributed by atoms with E-state index < -0.39 is 15.1 Å². The van der Waals surface area contributed by atoms with Crippen molar-refractivity contribution in [1.82, 2.24) is 5.32 Å². The van der Waals surface area contributed by atoms with Crippen molar-refractivity contribution >= 4 is 27.1 Å². The minimum atomic E-state index is -3.59. The molecule has 0 unspecified atom stereocenters. The van der Waals surface area contributed by atoms with Gasteiger partial charge >= 0.3 is 0 Å². The van der Waals surface area contributed by atoms with Crippen LogP contribution in [0.4, 0.5) is 0 Å². The molecule has 0 aliphatic heterocycles. The van der Waals surface area contributed by atoms with Crippen LogP contribution in [0.1, 0.15) is 41.0 Å². The van der Waals surface area contributed by atoms with Crippen LogP contribution >= 0.6 is 11.3 Å². The Balaban J connectivity index is 2.39. The first kappa shape index (κ1) is 18.7. The smallest absolute Gasteiger partial charge is 0.220 e. The fourth-order valence-corrected chi connectivity index (χ4v) is 5.64. The highest BCUT2D eigenvalue weighted by atomic mass is 32.2. The van der Waals surface area contributed by atoms with Gasteiger partial charge in [-0.2, -0.15) is 0 Å². The van der Waals surface area contributed by atoms with Crippen LogP contribution in [0.3, 0.4) is 0 Å². The van der Waals surface area contributed by atoms with Gasteiger partial charge in [-0.1, -0.05) is 25.1 Å². The van der Waals surface area contributed by atoms with Crippen molar-refractivity contribution < 1.29 is 13.2 Å². The van der Waals surface area contributed by atoms with Crippen LogP contribution in [-0.4, -0.2) is 20.9 Å².